The van der Waals surface area contributed by atoms with Gasteiger partial charge in [-0.2, -0.15) is 0 Å². The molecule has 0 unspecified atom stereocenters. The fraction of sp³-hybridized carbons (Fsp3) is 0.625. The van der Waals surface area contributed by atoms with Crippen molar-refractivity contribution in [2.24, 2.45) is 23.2 Å². The number of rotatable bonds is 8. The highest BCUT2D eigenvalue weighted by Crippen LogP contribution is 2.60. The zero-order valence-corrected chi connectivity index (χ0v) is 18.0. The van der Waals surface area contributed by atoms with Crippen molar-refractivity contribution < 1.29 is 23.5 Å². The lowest BCUT2D eigenvalue weighted by molar-refractivity contribution is -0.153. The highest BCUT2D eigenvalue weighted by Gasteiger charge is 2.54. The third kappa shape index (κ3) is 5.08. The van der Waals surface area contributed by atoms with Gasteiger partial charge in [-0.1, -0.05) is 6.07 Å². The minimum atomic E-state index is -0.989. The SMILES string of the molecule is C[C@H](OC(=O)CCCNC(=O)C12CC3CC(CC(C3)C1)C2)C(=O)Nc1cccc(F)c1. The zero-order valence-electron chi connectivity index (χ0n) is 18.0. The minimum absolute atomic E-state index is 0.124. The highest BCUT2D eigenvalue weighted by molar-refractivity contribution is 5.95. The molecule has 1 atom stereocenters. The van der Waals surface area contributed by atoms with Crippen LogP contribution in [0.5, 0.6) is 0 Å². The Morgan fingerprint density at radius 1 is 1.13 bits per heavy atom. The van der Waals surface area contributed by atoms with Crippen LogP contribution in [0.1, 0.15) is 58.3 Å². The number of carbonyl (C=O) groups is 3. The van der Waals surface area contributed by atoms with Crippen LogP contribution in [-0.4, -0.2) is 30.4 Å². The van der Waals surface area contributed by atoms with E-state index in [9.17, 15) is 18.8 Å². The second-order valence-corrected chi connectivity index (χ2v) is 9.69. The third-order valence-corrected chi connectivity index (χ3v) is 7.13. The van der Waals surface area contributed by atoms with Crippen LogP contribution in [0.4, 0.5) is 10.1 Å². The summed E-state index contributed by atoms with van der Waals surface area (Å²) in [5, 5.41) is 5.57. The summed E-state index contributed by atoms with van der Waals surface area (Å²) in [6.45, 7) is 1.90. The predicted molar refractivity (Wildman–Crippen MR) is 113 cm³/mol. The first-order chi connectivity index (χ1) is 14.8. The number of esters is 1. The van der Waals surface area contributed by atoms with Gasteiger partial charge in [-0.25, -0.2) is 4.39 Å². The van der Waals surface area contributed by atoms with Gasteiger partial charge < -0.3 is 15.4 Å². The number of hydrogen-bond acceptors (Lipinski definition) is 4. The summed E-state index contributed by atoms with van der Waals surface area (Å²) in [4.78, 5) is 37.1. The van der Waals surface area contributed by atoms with E-state index in [2.05, 4.69) is 10.6 Å². The molecule has 4 fully saturated rings. The second kappa shape index (κ2) is 8.97. The number of halogens is 1. The van der Waals surface area contributed by atoms with Crippen LogP contribution in [0.25, 0.3) is 0 Å². The summed E-state index contributed by atoms with van der Waals surface area (Å²) < 4.78 is 18.4. The molecule has 168 valence electrons. The van der Waals surface area contributed by atoms with E-state index in [1.807, 2.05) is 0 Å². The van der Waals surface area contributed by atoms with Gasteiger partial charge in [0.25, 0.3) is 5.91 Å². The van der Waals surface area contributed by atoms with E-state index in [0.29, 0.717) is 36.4 Å². The Kier molecular flexibility index (Phi) is 6.30. The Morgan fingerprint density at radius 3 is 2.39 bits per heavy atom. The average Bonchev–Trinajstić information content (AvgIpc) is 2.70. The molecule has 0 spiro atoms. The monoisotopic (exact) mass is 430 g/mol. The van der Waals surface area contributed by atoms with Gasteiger partial charge in [0.1, 0.15) is 5.82 Å². The zero-order chi connectivity index (χ0) is 22.0. The van der Waals surface area contributed by atoms with Crippen LogP contribution in [0.15, 0.2) is 24.3 Å². The molecular formula is C24H31FN2O4. The summed E-state index contributed by atoms with van der Waals surface area (Å²) >= 11 is 0. The van der Waals surface area contributed by atoms with Gasteiger partial charge >= 0.3 is 5.97 Å². The third-order valence-electron chi connectivity index (χ3n) is 7.13. The molecule has 6 nitrogen and oxygen atoms in total. The van der Waals surface area contributed by atoms with Gasteiger partial charge in [0.05, 0.1) is 0 Å². The molecule has 31 heavy (non-hydrogen) atoms. The van der Waals surface area contributed by atoms with E-state index in [4.69, 9.17) is 4.74 Å². The molecule has 2 N–H and O–H groups in total. The van der Waals surface area contributed by atoms with Crippen molar-refractivity contribution in [2.75, 3.05) is 11.9 Å². The Balaban J connectivity index is 1.16. The Hall–Kier alpha value is -2.44. The van der Waals surface area contributed by atoms with Crippen molar-refractivity contribution in [1.29, 1.82) is 0 Å². The lowest BCUT2D eigenvalue weighted by atomic mass is 9.49. The van der Waals surface area contributed by atoms with Gasteiger partial charge in [0, 0.05) is 24.1 Å². The van der Waals surface area contributed by atoms with Gasteiger partial charge in [-0.05, 0) is 87.8 Å². The second-order valence-electron chi connectivity index (χ2n) is 9.69. The number of amides is 2. The fourth-order valence-corrected chi connectivity index (χ4v) is 6.13. The van der Waals surface area contributed by atoms with E-state index in [-0.39, 0.29) is 17.7 Å². The smallest absolute Gasteiger partial charge is 0.306 e. The fourth-order valence-electron chi connectivity index (χ4n) is 6.13. The number of ether oxygens (including phenoxy) is 1. The summed E-state index contributed by atoms with van der Waals surface area (Å²) in [6.07, 6.45) is 6.54. The first-order valence-electron chi connectivity index (χ1n) is 11.4. The molecule has 4 saturated carbocycles. The molecule has 2 amide bonds. The van der Waals surface area contributed by atoms with Crippen LogP contribution in [-0.2, 0) is 19.1 Å². The van der Waals surface area contributed by atoms with Crippen molar-refractivity contribution in [3.05, 3.63) is 30.1 Å². The number of nitrogens with one attached hydrogen (secondary N) is 2. The van der Waals surface area contributed by atoms with Crippen LogP contribution in [0.3, 0.4) is 0 Å². The molecule has 4 aliphatic rings. The van der Waals surface area contributed by atoms with Gasteiger partial charge in [0.15, 0.2) is 6.10 Å². The maximum atomic E-state index is 13.2. The van der Waals surface area contributed by atoms with E-state index < -0.39 is 23.8 Å². The van der Waals surface area contributed by atoms with Gasteiger partial charge in [-0.3, -0.25) is 14.4 Å². The van der Waals surface area contributed by atoms with Crippen LogP contribution in [0.2, 0.25) is 0 Å². The van der Waals surface area contributed by atoms with Crippen LogP contribution < -0.4 is 10.6 Å². The molecule has 1 aromatic rings. The van der Waals surface area contributed by atoms with E-state index >= 15 is 0 Å². The first-order valence-corrected chi connectivity index (χ1v) is 11.4. The molecule has 0 aliphatic heterocycles. The summed E-state index contributed by atoms with van der Waals surface area (Å²) in [5.74, 6) is 0.826. The molecular weight excluding hydrogens is 399 g/mol. The van der Waals surface area contributed by atoms with E-state index in [0.717, 1.165) is 19.3 Å². The number of hydrogen-bond donors (Lipinski definition) is 2. The minimum Gasteiger partial charge on any atom is -0.453 e. The lowest BCUT2D eigenvalue weighted by Crippen LogP contribution is -2.53. The topological polar surface area (TPSA) is 84.5 Å². The normalized spacial score (nSPS) is 29.3. The van der Waals surface area contributed by atoms with Crippen molar-refractivity contribution in [2.45, 2.75) is 64.4 Å². The maximum Gasteiger partial charge on any atom is 0.306 e. The lowest BCUT2D eigenvalue weighted by Gasteiger charge is -2.55. The van der Waals surface area contributed by atoms with E-state index in [1.165, 1.54) is 44.4 Å². The predicted octanol–water partition coefficient (Wildman–Crippen LogP) is 3.81. The van der Waals surface area contributed by atoms with Crippen LogP contribution in [0, 0.1) is 29.0 Å². The largest absolute Gasteiger partial charge is 0.453 e. The van der Waals surface area contributed by atoms with Gasteiger partial charge in [-0.15, -0.1) is 0 Å². The first kappa shape index (κ1) is 21.8. The van der Waals surface area contributed by atoms with E-state index in [1.54, 1.807) is 6.07 Å². The van der Waals surface area contributed by atoms with Crippen molar-refractivity contribution in [1.82, 2.24) is 5.32 Å². The molecule has 5 rings (SSSR count). The molecule has 4 bridgehead atoms. The molecule has 0 saturated heterocycles. The molecule has 4 aliphatic carbocycles. The summed E-state index contributed by atoms with van der Waals surface area (Å²) in [6, 6.07) is 5.52. The quantitative estimate of drug-likeness (QED) is 0.485. The Morgan fingerprint density at radius 2 is 1.77 bits per heavy atom. The number of anilines is 1. The number of benzene rings is 1. The summed E-state index contributed by atoms with van der Waals surface area (Å²) in [5.41, 5.74) is 0.124. The molecule has 0 aromatic heterocycles. The van der Waals surface area contributed by atoms with Crippen molar-refractivity contribution >= 4 is 23.5 Å². The maximum absolute atomic E-state index is 13.2. The van der Waals surface area contributed by atoms with Crippen molar-refractivity contribution in [3.63, 3.8) is 0 Å². The Bertz CT molecular complexity index is 820. The number of carbonyl (C=O) groups excluding carboxylic acids is 3. The van der Waals surface area contributed by atoms with Crippen molar-refractivity contribution in [3.8, 4) is 0 Å². The molecule has 0 heterocycles. The molecule has 1 aromatic carbocycles. The standard InChI is InChI=1S/C24H31FN2O4/c1-15(22(29)27-20-5-2-4-19(25)11-20)31-21(28)6-3-7-26-23(30)24-12-16-8-17(13-24)10-18(9-16)14-24/h2,4-5,11,15-18H,3,6-10,12-14H2,1H3,(H,26,30)(H,27,29)/t15-,16?,17?,18?,24?/m0/s1. The molecule has 7 heteroatoms. The molecule has 0 radical (unpaired) electrons. The highest BCUT2D eigenvalue weighted by atomic mass is 19.1. The Labute approximate surface area is 182 Å². The van der Waals surface area contributed by atoms with Gasteiger partial charge in [0.2, 0.25) is 5.91 Å². The summed E-state index contributed by atoms with van der Waals surface area (Å²) in [7, 11) is 0. The van der Waals surface area contributed by atoms with Crippen LogP contribution >= 0.6 is 0 Å². The average molecular weight is 431 g/mol.